The molecule has 0 spiro atoms. The Morgan fingerprint density at radius 1 is 0.667 bits per heavy atom. The van der Waals surface area contributed by atoms with Gasteiger partial charge >= 0.3 is 0 Å². The van der Waals surface area contributed by atoms with Crippen LogP contribution in [0.15, 0.2) is 42.7 Å². The SMILES string of the molecule is CC.CC.COc1cc2ncc(C#N)c(C)c2cc1OC.COc1cc2nccc(C)c2cc1OC. The lowest BCUT2D eigenvalue weighted by Gasteiger charge is -2.10. The van der Waals surface area contributed by atoms with Gasteiger partial charge in [-0.2, -0.15) is 5.26 Å². The number of aromatic nitrogens is 2. The van der Waals surface area contributed by atoms with Gasteiger partial charge in [-0.1, -0.05) is 27.7 Å². The van der Waals surface area contributed by atoms with E-state index in [1.165, 1.54) is 5.56 Å². The molecule has 0 fully saturated rings. The number of methoxy groups -OCH3 is 4. The molecule has 2 aromatic heterocycles. The maximum absolute atomic E-state index is 8.96. The van der Waals surface area contributed by atoms with Crippen molar-refractivity contribution in [1.29, 1.82) is 5.26 Å². The number of aryl methyl sites for hydroxylation is 2. The third kappa shape index (κ3) is 6.76. The van der Waals surface area contributed by atoms with Gasteiger partial charge in [0.2, 0.25) is 0 Å². The molecule has 0 unspecified atom stereocenters. The van der Waals surface area contributed by atoms with Crippen LogP contribution in [0.4, 0.5) is 0 Å². The third-order valence-corrected chi connectivity index (χ3v) is 5.23. The topological polar surface area (TPSA) is 86.5 Å². The minimum absolute atomic E-state index is 0.574. The molecule has 0 radical (unpaired) electrons. The zero-order valence-corrected chi connectivity index (χ0v) is 23.0. The lowest BCUT2D eigenvalue weighted by atomic mass is 10.1. The van der Waals surface area contributed by atoms with Gasteiger partial charge in [0.05, 0.1) is 45.0 Å². The second-order valence-electron chi connectivity index (χ2n) is 6.99. The van der Waals surface area contributed by atoms with E-state index in [9.17, 15) is 0 Å². The standard InChI is InChI=1S/C13H12N2O2.C12H13NO2.2C2H6/c1-8-9(6-14)7-15-11-5-13(17-3)12(16-2)4-10(8)11;1-8-4-5-13-10-7-12(15-3)11(14-2)6-9(8)10;2*1-2/h4-5,7H,1-3H3;4-7H,1-3H3;2*1-2H3. The molecule has 0 aliphatic rings. The van der Waals surface area contributed by atoms with E-state index < -0.39 is 0 Å². The van der Waals surface area contributed by atoms with Crippen molar-refractivity contribution in [3.05, 3.63) is 59.4 Å². The van der Waals surface area contributed by atoms with Crippen molar-refractivity contribution < 1.29 is 18.9 Å². The molecule has 0 aliphatic heterocycles. The number of fused-ring (bicyclic) bond motifs is 2. The first kappa shape index (κ1) is 30.0. The van der Waals surface area contributed by atoms with Crippen LogP contribution in [0.3, 0.4) is 0 Å². The van der Waals surface area contributed by atoms with Crippen LogP contribution in [0.1, 0.15) is 44.4 Å². The van der Waals surface area contributed by atoms with E-state index in [4.69, 9.17) is 24.2 Å². The fourth-order valence-electron chi connectivity index (χ4n) is 3.37. The van der Waals surface area contributed by atoms with E-state index in [1.807, 2.05) is 65.0 Å². The predicted octanol–water partition coefficient (Wildman–Crippen LogP) is 7.04. The van der Waals surface area contributed by atoms with Gasteiger partial charge in [-0.3, -0.25) is 9.97 Å². The van der Waals surface area contributed by atoms with E-state index >= 15 is 0 Å². The highest BCUT2D eigenvalue weighted by atomic mass is 16.5. The molecule has 2 heterocycles. The number of rotatable bonds is 4. The second-order valence-corrected chi connectivity index (χ2v) is 6.99. The summed E-state index contributed by atoms with van der Waals surface area (Å²) in [6.45, 7) is 11.9. The highest BCUT2D eigenvalue weighted by Crippen LogP contribution is 2.33. The van der Waals surface area contributed by atoms with Gasteiger partial charge < -0.3 is 18.9 Å². The molecule has 0 amide bonds. The number of nitriles is 1. The van der Waals surface area contributed by atoms with Crippen LogP contribution in [-0.4, -0.2) is 38.4 Å². The molecule has 0 saturated carbocycles. The van der Waals surface area contributed by atoms with Crippen LogP contribution < -0.4 is 18.9 Å². The molecule has 7 heteroatoms. The van der Waals surface area contributed by atoms with Crippen LogP contribution in [0, 0.1) is 25.2 Å². The van der Waals surface area contributed by atoms with Gasteiger partial charge in [0.15, 0.2) is 23.0 Å². The molecule has 0 atom stereocenters. The zero-order valence-electron chi connectivity index (χ0n) is 23.0. The number of ether oxygens (including phenoxy) is 4. The summed E-state index contributed by atoms with van der Waals surface area (Å²) in [4.78, 5) is 8.53. The average molecular weight is 492 g/mol. The lowest BCUT2D eigenvalue weighted by Crippen LogP contribution is -1.94. The highest BCUT2D eigenvalue weighted by Gasteiger charge is 2.10. The Kier molecular flexibility index (Phi) is 12.5. The molecular weight excluding hydrogens is 454 g/mol. The Balaban J connectivity index is 0.000000318. The van der Waals surface area contributed by atoms with Crippen LogP contribution in [-0.2, 0) is 0 Å². The minimum Gasteiger partial charge on any atom is -0.493 e. The summed E-state index contributed by atoms with van der Waals surface area (Å²) in [6, 6.07) is 11.6. The Morgan fingerprint density at radius 2 is 1.11 bits per heavy atom. The van der Waals surface area contributed by atoms with Crippen molar-refractivity contribution in [3.63, 3.8) is 0 Å². The smallest absolute Gasteiger partial charge is 0.162 e. The van der Waals surface area contributed by atoms with Crippen molar-refractivity contribution in [2.75, 3.05) is 28.4 Å². The van der Waals surface area contributed by atoms with E-state index in [0.29, 0.717) is 22.8 Å². The molecule has 0 saturated heterocycles. The number of hydrogen-bond acceptors (Lipinski definition) is 7. The normalized spacial score (nSPS) is 9.36. The Labute approximate surface area is 214 Å². The molecule has 7 nitrogen and oxygen atoms in total. The summed E-state index contributed by atoms with van der Waals surface area (Å²) in [7, 11) is 6.43. The first-order chi connectivity index (χ1) is 17.5. The highest BCUT2D eigenvalue weighted by molar-refractivity contribution is 5.87. The fraction of sp³-hybridized carbons (Fsp3) is 0.345. The van der Waals surface area contributed by atoms with Crippen molar-refractivity contribution in [3.8, 4) is 29.1 Å². The summed E-state index contributed by atoms with van der Waals surface area (Å²) in [5, 5.41) is 11.0. The first-order valence-electron chi connectivity index (χ1n) is 11.9. The van der Waals surface area contributed by atoms with Crippen LogP contribution in [0.25, 0.3) is 21.8 Å². The largest absolute Gasteiger partial charge is 0.493 e. The molecule has 0 aliphatic carbocycles. The van der Waals surface area contributed by atoms with Crippen LogP contribution in [0.5, 0.6) is 23.0 Å². The molecular formula is C29H37N3O4. The molecule has 192 valence electrons. The van der Waals surface area contributed by atoms with Gasteiger partial charge in [-0.05, 0) is 43.2 Å². The van der Waals surface area contributed by atoms with Crippen LogP contribution in [0.2, 0.25) is 0 Å². The third-order valence-electron chi connectivity index (χ3n) is 5.23. The van der Waals surface area contributed by atoms with Gasteiger partial charge in [0.1, 0.15) is 6.07 Å². The Bertz CT molecular complexity index is 1310. The molecule has 2 aromatic carbocycles. The fourth-order valence-corrected chi connectivity index (χ4v) is 3.37. The van der Waals surface area contributed by atoms with E-state index in [1.54, 1.807) is 40.8 Å². The number of nitrogens with zero attached hydrogens (tertiary/aromatic N) is 3. The summed E-state index contributed by atoms with van der Waals surface area (Å²) in [5.74, 6) is 2.72. The van der Waals surface area contributed by atoms with Crippen LogP contribution >= 0.6 is 0 Å². The minimum atomic E-state index is 0.574. The summed E-state index contributed by atoms with van der Waals surface area (Å²) in [5.41, 5.74) is 4.37. The molecule has 0 bridgehead atoms. The predicted molar refractivity (Wildman–Crippen MR) is 147 cm³/mol. The van der Waals surface area contributed by atoms with Crippen molar-refractivity contribution >= 4 is 21.8 Å². The van der Waals surface area contributed by atoms with Gasteiger partial charge in [-0.15, -0.1) is 0 Å². The van der Waals surface area contributed by atoms with Gasteiger partial charge in [0, 0.05) is 35.3 Å². The lowest BCUT2D eigenvalue weighted by molar-refractivity contribution is 0.356. The monoisotopic (exact) mass is 491 g/mol. The molecule has 4 aromatic rings. The molecule has 36 heavy (non-hydrogen) atoms. The van der Waals surface area contributed by atoms with E-state index in [-0.39, 0.29) is 0 Å². The quantitative estimate of drug-likeness (QED) is 0.302. The summed E-state index contributed by atoms with van der Waals surface area (Å²) in [6.07, 6.45) is 3.37. The van der Waals surface area contributed by atoms with Gasteiger partial charge in [-0.25, -0.2) is 0 Å². The number of pyridine rings is 2. The molecule has 4 rings (SSSR count). The zero-order chi connectivity index (χ0) is 27.3. The Hall–Kier alpha value is -4.05. The summed E-state index contributed by atoms with van der Waals surface area (Å²) < 4.78 is 20.9. The molecule has 0 N–H and O–H groups in total. The van der Waals surface area contributed by atoms with Crippen molar-refractivity contribution in [2.24, 2.45) is 0 Å². The first-order valence-corrected chi connectivity index (χ1v) is 11.9. The van der Waals surface area contributed by atoms with Crippen molar-refractivity contribution in [2.45, 2.75) is 41.5 Å². The number of hydrogen-bond donors (Lipinski definition) is 0. The average Bonchev–Trinajstić information content (AvgIpc) is 2.94. The number of benzene rings is 2. The van der Waals surface area contributed by atoms with Crippen molar-refractivity contribution in [1.82, 2.24) is 9.97 Å². The maximum atomic E-state index is 8.96. The van der Waals surface area contributed by atoms with Gasteiger partial charge in [0.25, 0.3) is 0 Å². The maximum Gasteiger partial charge on any atom is 0.162 e. The second kappa shape index (κ2) is 15.0. The van der Waals surface area contributed by atoms with E-state index in [2.05, 4.69) is 23.0 Å². The van der Waals surface area contributed by atoms with E-state index in [0.717, 1.165) is 33.1 Å². The summed E-state index contributed by atoms with van der Waals surface area (Å²) >= 11 is 0. The Morgan fingerprint density at radius 3 is 1.58 bits per heavy atom.